The third-order valence-electron chi connectivity index (χ3n) is 8.56. The summed E-state index contributed by atoms with van der Waals surface area (Å²) in [5.74, 6) is -0.409. The summed E-state index contributed by atoms with van der Waals surface area (Å²) in [7, 11) is 0. The molecule has 2 unspecified atom stereocenters. The number of rotatable bonds is 6. The van der Waals surface area contributed by atoms with E-state index in [1.165, 1.54) is 18.2 Å². The van der Waals surface area contributed by atoms with E-state index in [0.29, 0.717) is 42.2 Å². The number of nitrogens with zero attached hydrogens (tertiary/aromatic N) is 4. The van der Waals surface area contributed by atoms with E-state index in [0.717, 1.165) is 36.9 Å². The van der Waals surface area contributed by atoms with Crippen LogP contribution in [-0.4, -0.2) is 64.0 Å². The summed E-state index contributed by atoms with van der Waals surface area (Å²) in [6, 6.07) is 20.6. The highest BCUT2D eigenvalue weighted by molar-refractivity contribution is 8.04. The van der Waals surface area contributed by atoms with Crippen molar-refractivity contribution >= 4 is 41.0 Å². The summed E-state index contributed by atoms with van der Waals surface area (Å²) in [4.78, 5) is 43.9. The van der Waals surface area contributed by atoms with Crippen LogP contribution in [0.3, 0.4) is 0 Å². The second-order valence-corrected chi connectivity index (χ2v) is 12.5. The topological polar surface area (TPSA) is 87.0 Å². The monoisotopic (exact) mass is 600 g/mol. The highest BCUT2D eigenvalue weighted by atomic mass is 32.2. The maximum absolute atomic E-state index is 14.5. The van der Waals surface area contributed by atoms with Crippen molar-refractivity contribution in [3.63, 3.8) is 0 Å². The lowest BCUT2D eigenvalue weighted by Gasteiger charge is -2.44. The van der Waals surface area contributed by atoms with Crippen LogP contribution < -0.4 is 4.90 Å². The summed E-state index contributed by atoms with van der Waals surface area (Å²) < 4.78 is 14.5. The average Bonchev–Trinajstić information content (AvgIpc) is 3.04. The van der Waals surface area contributed by atoms with Gasteiger partial charge in [-0.1, -0.05) is 43.2 Å². The molecule has 0 aromatic heterocycles. The molecular formula is C33H33FN4O4S. The van der Waals surface area contributed by atoms with Gasteiger partial charge in [-0.15, -0.1) is 11.8 Å². The number of nitro groups is 1. The molecule has 2 heterocycles. The number of carbonyl (C=O) groups excluding carboxylic acids is 2. The molecule has 2 aliphatic heterocycles. The normalized spacial score (nSPS) is 21.6. The van der Waals surface area contributed by atoms with Gasteiger partial charge in [0.2, 0.25) is 0 Å². The van der Waals surface area contributed by atoms with E-state index in [9.17, 15) is 24.1 Å². The van der Waals surface area contributed by atoms with E-state index >= 15 is 0 Å². The molecule has 8 nitrogen and oxygen atoms in total. The minimum atomic E-state index is -0.414. The molecule has 10 heteroatoms. The number of benzene rings is 3. The Kier molecular flexibility index (Phi) is 8.47. The van der Waals surface area contributed by atoms with Crippen molar-refractivity contribution in [2.24, 2.45) is 0 Å². The Hall–Kier alpha value is -4.18. The van der Waals surface area contributed by atoms with Crippen molar-refractivity contribution in [1.29, 1.82) is 0 Å². The zero-order valence-corrected chi connectivity index (χ0v) is 24.5. The second-order valence-electron chi connectivity index (χ2n) is 11.2. The first kappa shape index (κ1) is 28.9. The van der Waals surface area contributed by atoms with Gasteiger partial charge in [0, 0.05) is 73.0 Å². The fourth-order valence-corrected chi connectivity index (χ4v) is 7.65. The summed E-state index contributed by atoms with van der Waals surface area (Å²) in [6.07, 6.45) is 6.05. The van der Waals surface area contributed by atoms with Crippen LogP contribution in [0.25, 0.3) is 6.08 Å². The smallest absolute Gasteiger partial charge is 0.269 e. The fraction of sp³-hybridized carbons (Fsp3) is 0.333. The van der Waals surface area contributed by atoms with Crippen LogP contribution in [0.15, 0.2) is 77.7 Å². The van der Waals surface area contributed by atoms with E-state index in [2.05, 4.69) is 4.90 Å². The molecule has 2 saturated heterocycles. The minimum absolute atomic E-state index is 0.0493. The number of amides is 2. The molecule has 1 saturated carbocycles. The lowest BCUT2D eigenvalue weighted by Crippen LogP contribution is -2.50. The summed E-state index contributed by atoms with van der Waals surface area (Å²) in [5, 5.41) is 11.2. The van der Waals surface area contributed by atoms with Crippen LogP contribution >= 0.6 is 11.8 Å². The van der Waals surface area contributed by atoms with Crippen molar-refractivity contribution in [3.05, 3.63) is 110 Å². The van der Waals surface area contributed by atoms with Gasteiger partial charge in [0.1, 0.15) is 5.82 Å². The predicted molar refractivity (Wildman–Crippen MR) is 166 cm³/mol. The van der Waals surface area contributed by atoms with E-state index in [4.69, 9.17) is 0 Å². The van der Waals surface area contributed by atoms with Crippen molar-refractivity contribution in [1.82, 2.24) is 9.80 Å². The van der Waals surface area contributed by atoms with E-state index in [1.54, 1.807) is 54.2 Å². The van der Waals surface area contributed by atoms with Gasteiger partial charge in [-0.05, 0) is 54.8 Å². The first-order valence-corrected chi connectivity index (χ1v) is 15.6. The van der Waals surface area contributed by atoms with Crippen molar-refractivity contribution < 1.29 is 18.9 Å². The SMILES string of the molecule is O=C(c1ccc(/C=C2\SC3CCCCC3N(Cc3ccccc3F)C2=O)cc1)N1CCN(c2ccc([N+](=O)[O-])cc2)CC1. The van der Waals surface area contributed by atoms with Crippen LogP contribution in [0.2, 0.25) is 0 Å². The number of piperazine rings is 1. The molecule has 3 aliphatic rings. The lowest BCUT2D eigenvalue weighted by atomic mass is 9.92. The largest absolute Gasteiger partial charge is 0.368 e. The predicted octanol–water partition coefficient (Wildman–Crippen LogP) is 6.12. The number of fused-ring (bicyclic) bond motifs is 1. The van der Waals surface area contributed by atoms with E-state index in [1.807, 2.05) is 28.0 Å². The molecule has 0 N–H and O–H groups in total. The Morgan fingerprint density at radius 3 is 2.35 bits per heavy atom. The zero-order valence-electron chi connectivity index (χ0n) is 23.7. The average molecular weight is 601 g/mol. The molecule has 2 atom stereocenters. The molecule has 1 aliphatic carbocycles. The molecule has 0 bridgehead atoms. The molecule has 3 aromatic carbocycles. The Morgan fingerprint density at radius 2 is 1.65 bits per heavy atom. The van der Waals surface area contributed by atoms with Crippen LogP contribution in [0.1, 0.15) is 47.2 Å². The highest BCUT2D eigenvalue weighted by Gasteiger charge is 2.40. The van der Waals surface area contributed by atoms with Gasteiger partial charge >= 0.3 is 0 Å². The van der Waals surface area contributed by atoms with E-state index in [-0.39, 0.29) is 41.2 Å². The Morgan fingerprint density at radius 1 is 0.953 bits per heavy atom. The number of carbonyl (C=O) groups is 2. The van der Waals surface area contributed by atoms with Crippen LogP contribution in [0.5, 0.6) is 0 Å². The number of hydrogen-bond donors (Lipinski definition) is 0. The molecular weight excluding hydrogens is 567 g/mol. The quantitative estimate of drug-likeness (QED) is 0.192. The van der Waals surface area contributed by atoms with Gasteiger partial charge in [-0.3, -0.25) is 19.7 Å². The lowest BCUT2D eigenvalue weighted by molar-refractivity contribution is -0.384. The van der Waals surface area contributed by atoms with Crippen LogP contribution in [-0.2, 0) is 11.3 Å². The molecule has 43 heavy (non-hydrogen) atoms. The Balaban J connectivity index is 1.12. The van der Waals surface area contributed by atoms with Crippen LogP contribution in [0, 0.1) is 15.9 Å². The molecule has 3 fully saturated rings. The fourth-order valence-electron chi connectivity index (χ4n) is 6.18. The number of non-ortho nitro benzene ring substituents is 1. The molecule has 222 valence electrons. The number of halogens is 1. The number of hydrogen-bond acceptors (Lipinski definition) is 6. The third kappa shape index (κ3) is 6.29. The first-order chi connectivity index (χ1) is 20.9. The van der Waals surface area contributed by atoms with Crippen molar-refractivity contribution in [2.75, 3.05) is 31.1 Å². The van der Waals surface area contributed by atoms with Crippen molar-refractivity contribution in [2.45, 2.75) is 43.5 Å². The summed E-state index contributed by atoms with van der Waals surface area (Å²) in [5.41, 5.74) is 2.92. The van der Waals surface area contributed by atoms with Crippen molar-refractivity contribution in [3.8, 4) is 0 Å². The highest BCUT2D eigenvalue weighted by Crippen LogP contribution is 2.43. The van der Waals surface area contributed by atoms with E-state index < -0.39 is 4.92 Å². The molecule has 6 rings (SSSR count). The van der Waals surface area contributed by atoms with Gasteiger partial charge in [0.05, 0.1) is 9.83 Å². The first-order valence-electron chi connectivity index (χ1n) is 14.7. The molecule has 2 amide bonds. The van der Waals surface area contributed by atoms with Gasteiger partial charge in [0.25, 0.3) is 17.5 Å². The summed E-state index contributed by atoms with van der Waals surface area (Å²) in [6.45, 7) is 2.63. The minimum Gasteiger partial charge on any atom is -0.368 e. The number of anilines is 1. The zero-order chi connectivity index (χ0) is 29.9. The Labute approximate surface area is 254 Å². The molecule has 0 radical (unpaired) electrons. The summed E-state index contributed by atoms with van der Waals surface area (Å²) >= 11 is 1.63. The maximum Gasteiger partial charge on any atom is 0.269 e. The van der Waals surface area contributed by atoms with Gasteiger partial charge < -0.3 is 14.7 Å². The Bertz CT molecular complexity index is 1540. The van der Waals surface area contributed by atoms with Crippen LogP contribution in [0.4, 0.5) is 15.8 Å². The van der Waals surface area contributed by atoms with Gasteiger partial charge in [-0.2, -0.15) is 0 Å². The standard InChI is InChI=1S/C33H33FN4O4S/c34-28-6-2-1-5-25(28)22-37-29-7-3-4-8-30(29)43-31(33(37)40)21-23-9-11-24(12-10-23)32(39)36-19-17-35(18-20-36)26-13-15-27(16-14-26)38(41)42/h1-2,5-6,9-16,21,29-30H,3-4,7-8,17-20,22H2/b31-21-. The third-order valence-corrected chi connectivity index (χ3v) is 9.96. The molecule has 0 spiro atoms. The number of thioether (sulfide) groups is 1. The number of nitro benzene ring substituents is 1. The molecule has 3 aromatic rings. The van der Waals surface area contributed by atoms with Gasteiger partial charge in [0.15, 0.2) is 0 Å². The second kappa shape index (κ2) is 12.6. The van der Waals surface area contributed by atoms with Gasteiger partial charge in [-0.25, -0.2) is 4.39 Å². The maximum atomic E-state index is 14.5.